The summed E-state index contributed by atoms with van der Waals surface area (Å²) in [6.07, 6.45) is 0. The average Bonchev–Trinajstić information content (AvgIpc) is 3.30. The molecule has 0 nitrogen and oxygen atoms in total. The van der Waals surface area contributed by atoms with Crippen LogP contribution in [0.5, 0.6) is 0 Å². The Morgan fingerprint density at radius 1 is 0.349 bits per heavy atom. The van der Waals surface area contributed by atoms with Crippen LogP contribution < -0.4 is 0 Å². The molecular weight excluding hydrogens is 516 g/mol. The van der Waals surface area contributed by atoms with Crippen LogP contribution in [0.15, 0.2) is 146 Å². The van der Waals surface area contributed by atoms with E-state index in [2.05, 4.69) is 159 Å². The highest BCUT2D eigenvalue weighted by molar-refractivity contribution is 6.25. The maximum absolute atomic E-state index is 2.45. The maximum Gasteiger partial charge on any atom is 0.0159 e. The Balaban J connectivity index is 1.25. The van der Waals surface area contributed by atoms with Crippen LogP contribution in [0.3, 0.4) is 0 Å². The van der Waals surface area contributed by atoms with Crippen molar-refractivity contribution in [3.05, 3.63) is 157 Å². The molecule has 0 unspecified atom stereocenters. The molecule has 0 saturated carbocycles. The topological polar surface area (TPSA) is 0 Å². The third kappa shape index (κ3) is 3.44. The minimum atomic E-state index is -0.0669. The van der Waals surface area contributed by atoms with Gasteiger partial charge in [0, 0.05) is 5.41 Å². The van der Waals surface area contributed by atoms with Crippen molar-refractivity contribution in [2.75, 3.05) is 0 Å². The van der Waals surface area contributed by atoms with E-state index in [1.54, 1.807) is 0 Å². The Morgan fingerprint density at radius 3 is 1.53 bits per heavy atom. The zero-order chi connectivity index (χ0) is 28.7. The predicted molar refractivity (Wildman–Crippen MR) is 185 cm³/mol. The van der Waals surface area contributed by atoms with Crippen molar-refractivity contribution in [2.24, 2.45) is 0 Å². The predicted octanol–water partition coefficient (Wildman–Crippen LogP) is 11.9. The van der Waals surface area contributed by atoms with E-state index in [-0.39, 0.29) is 5.41 Å². The maximum atomic E-state index is 2.45. The molecule has 0 N–H and O–H groups in total. The van der Waals surface area contributed by atoms with Crippen LogP contribution in [0.4, 0.5) is 0 Å². The van der Waals surface area contributed by atoms with Gasteiger partial charge in [-0.05, 0) is 99.7 Å². The molecule has 0 spiro atoms. The van der Waals surface area contributed by atoms with E-state index in [0.717, 1.165) is 0 Å². The van der Waals surface area contributed by atoms with E-state index in [9.17, 15) is 0 Å². The Hall–Kier alpha value is -5.20. The van der Waals surface area contributed by atoms with E-state index >= 15 is 0 Å². The zero-order valence-corrected chi connectivity index (χ0v) is 24.4. The molecule has 0 saturated heterocycles. The number of hydrogen-bond donors (Lipinski definition) is 0. The van der Waals surface area contributed by atoms with Crippen molar-refractivity contribution in [3.63, 3.8) is 0 Å². The molecule has 0 heterocycles. The van der Waals surface area contributed by atoms with Gasteiger partial charge in [-0.1, -0.05) is 147 Å². The van der Waals surface area contributed by atoms with Crippen LogP contribution >= 0.6 is 0 Å². The molecule has 202 valence electrons. The first-order valence-corrected chi connectivity index (χ1v) is 15.2. The van der Waals surface area contributed by atoms with E-state index in [1.165, 1.54) is 87.6 Å². The van der Waals surface area contributed by atoms with Crippen LogP contribution in [-0.2, 0) is 5.41 Å². The van der Waals surface area contributed by atoms with Crippen molar-refractivity contribution in [2.45, 2.75) is 19.3 Å². The van der Waals surface area contributed by atoms with E-state index in [4.69, 9.17) is 0 Å². The lowest BCUT2D eigenvalue weighted by Gasteiger charge is -2.22. The fourth-order valence-corrected chi connectivity index (χ4v) is 7.74. The van der Waals surface area contributed by atoms with Gasteiger partial charge in [-0.15, -0.1) is 0 Å². The molecule has 0 aliphatic heterocycles. The molecule has 9 rings (SSSR count). The van der Waals surface area contributed by atoms with E-state index in [0.29, 0.717) is 0 Å². The second-order valence-electron chi connectivity index (χ2n) is 12.5. The summed E-state index contributed by atoms with van der Waals surface area (Å²) in [6, 6.07) is 54.1. The highest BCUT2D eigenvalue weighted by atomic mass is 14.4. The first-order chi connectivity index (χ1) is 21.1. The standard InChI is InChI=1S/C43H30/c1-43(2)40-24-21-27-11-3-4-14-32(27)42(40)38-23-20-29(26-41(38)43)31-13-6-5-12-30(31)28-19-22-37-35-17-8-7-15-33(35)34-16-9-10-18-36(34)39(37)25-28/h3-26H,1-2H3. The summed E-state index contributed by atoms with van der Waals surface area (Å²) in [6.45, 7) is 4.75. The van der Waals surface area contributed by atoms with Gasteiger partial charge in [0.2, 0.25) is 0 Å². The molecule has 8 aromatic rings. The van der Waals surface area contributed by atoms with Crippen molar-refractivity contribution < 1.29 is 0 Å². The fourth-order valence-electron chi connectivity index (χ4n) is 7.74. The molecule has 0 radical (unpaired) electrons. The van der Waals surface area contributed by atoms with Crippen LogP contribution in [0, 0.1) is 0 Å². The highest BCUT2D eigenvalue weighted by Gasteiger charge is 2.36. The SMILES string of the molecule is CC1(C)c2cc(-c3ccccc3-c3ccc4c5ccccc5c5ccccc5c4c3)ccc2-c2c1ccc1ccccc21. The van der Waals surface area contributed by atoms with Crippen LogP contribution in [0.2, 0.25) is 0 Å². The lowest BCUT2D eigenvalue weighted by molar-refractivity contribution is 0.661. The van der Waals surface area contributed by atoms with Gasteiger partial charge in [0.25, 0.3) is 0 Å². The number of fused-ring (bicyclic) bond motifs is 11. The first-order valence-electron chi connectivity index (χ1n) is 15.2. The summed E-state index contributed by atoms with van der Waals surface area (Å²) in [5.74, 6) is 0. The molecule has 1 aliphatic rings. The minimum Gasteiger partial charge on any atom is -0.0616 e. The largest absolute Gasteiger partial charge is 0.0616 e. The summed E-state index contributed by atoms with van der Waals surface area (Å²) in [4.78, 5) is 0. The third-order valence-electron chi connectivity index (χ3n) is 9.86. The molecule has 1 aliphatic carbocycles. The Labute approximate surface area is 251 Å². The summed E-state index contributed by atoms with van der Waals surface area (Å²) in [7, 11) is 0. The molecule has 0 heteroatoms. The summed E-state index contributed by atoms with van der Waals surface area (Å²) in [5, 5.41) is 10.5. The smallest absolute Gasteiger partial charge is 0.0159 e. The van der Waals surface area contributed by atoms with Crippen molar-refractivity contribution in [1.29, 1.82) is 0 Å². The van der Waals surface area contributed by atoms with E-state index < -0.39 is 0 Å². The van der Waals surface area contributed by atoms with Gasteiger partial charge in [-0.25, -0.2) is 0 Å². The molecule has 0 fully saturated rings. The van der Waals surface area contributed by atoms with Gasteiger partial charge >= 0.3 is 0 Å². The van der Waals surface area contributed by atoms with Crippen LogP contribution in [0.1, 0.15) is 25.0 Å². The van der Waals surface area contributed by atoms with Crippen LogP contribution in [0.25, 0.3) is 76.5 Å². The second-order valence-corrected chi connectivity index (χ2v) is 12.5. The lowest BCUT2D eigenvalue weighted by Crippen LogP contribution is -2.15. The molecule has 0 amide bonds. The number of benzene rings is 8. The summed E-state index contributed by atoms with van der Waals surface area (Å²) in [5.41, 5.74) is 10.6. The van der Waals surface area contributed by atoms with E-state index in [1.807, 2.05) is 0 Å². The molecule has 8 aromatic carbocycles. The molecule has 43 heavy (non-hydrogen) atoms. The van der Waals surface area contributed by atoms with Gasteiger partial charge in [-0.3, -0.25) is 0 Å². The highest BCUT2D eigenvalue weighted by Crippen LogP contribution is 2.52. The van der Waals surface area contributed by atoms with Gasteiger partial charge in [0.1, 0.15) is 0 Å². The van der Waals surface area contributed by atoms with Gasteiger partial charge in [-0.2, -0.15) is 0 Å². The van der Waals surface area contributed by atoms with Crippen LogP contribution in [-0.4, -0.2) is 0 Å². The van der Waals surface area contributed by atoms with Crippen molar-refractivity contribution >= 4 is 43.1 Å². The van der Waals surface area contributed by atoms with Gasteiger partial charge in [0.05, 0.1) is 0 Å². The van der Waals surface area contributed by atoms with Crippen molar-refractivity contribution in [3.8, 4) is 33.4 Å². The molecule has 0 aromatic heterocycles. The molecular formula is C43H30. The Bertz CT molecular complexity index is 2390. The fraction of sp³-hybridized carbons (Fsp3) is 0.0698. The summed E-state index contributed by atoms with van der Waals surface area (Å²) < 4.78 is 0. The lowest BCUT2D eigenvalue weighted by atomic mass is 9.81. The molecule has 0 atom stereocenters. The van der Waals surface area contributed by atoms with Crippen molar-refractivity contribution in [1.82, 2.24) is 0 Å². The number of rotatable bonds is 2. The summed E-state index contributed by atoms with van der Waals surface area (Å²) >= 11 is 0. The van der Waals surface area contributed by atoms with Gasteiger partial charge < -0.3 is 0 Å². The Kier molecular flexibility index (Phi) is 5.05. The quantitative estimate of drug-likeness (QED) is 0.189. The molecule has 0 bridgehead atoms. The zero-order valence-electron chi connectivity index (χ0n) is 24.4. The first kappa shape index (κ1) is 24.4. The normalized spacial score (nSPS) is 13.5. The third-order valence-corrected chi connectivity index (χ3v) is 9.86. The monoisotopic (exact) mass is 546 g/mol. The second kappa shape index (κ2) is 8.90. The Morgan fingerprint density at radius 2 is 0.860 bits per heavy atom. The minimum absolute atomic E-state index is 0.0669. The average molecular weight is 547 g/mol. The number of hydrogen-bond acceptors (Lipinski definition) is 0. The van der Waals surface area contributed by atoms with Gasteiger partial charge in [0.15, 0.2) is 0 Å².